The molecule has 0 atom stereocenters. The summed E-state index contributed by atoms with van der Waals surface area (Å²) in [7, 11) is 0. The number of anilines is 1. The van der Waals surface area contributed by atoms with Crippen molar-refractivity contribution >= 4 is 17.4 Å². The molecule has 1 N–H and O–H groups in total. The number of aryl methyl sites for hydroxylation is 1. The molecule has 0 unspecified atom stereocenters. The van der Waals surface area contributed by atoms with Gasteiger partial charge in [0.05, 0.1) is 18.4 Å². The molecule has 5 aromatic rings. The Balaban J connectivity index is 1.36. The molecule has 3 aromatic heterocycles. The van der Waals surface area contributed by atoms with Gasteiger partial charge < -0.3 is 5.32 Å². The van der Waals surface area contributed by atoms with Gasteiger partial charge in [-0.05, 0) is 30.7 Å². The summed E-state index contributed by atoms with van der Waals surface area (Å²) in [4.78, 5) is 17.3. The highest BCUT2D eigenvalue weighted by Gasteiger charge is 2.17. The van der Waals surface area contributed by atoms with E-state index in [1.165, 1.54) is 23.9 Å². The molecule has 2 aromatic carbocycles. The highest BCUT2D eigenvalue weighted by molar-refractivity contribution is 6.07. The molecule has 158 valence electrons. The van der Waals surface area contributed by atoms with Crippen molar-refractivity contribution in [3.05, 3.63) is 102 Å². The maximum Gasteiger partial charge on any atom is 0.262 e. The maximum absolute atomic E-state index is 13.1. The summed E-state index contributed by atoms with van der Waals surface area (Å²) in [6, 6.07) is 17.9. The lowest BCUT2D eigenvalue weighted by atomic mass is 10.1. The van der Waals surface area contributed by atoms with Crippen LogP contribution in [0.4, 0.5) is 10.2 Å². The molecule has 0 aliphatic heterocycles. The van der Waals surface area contributed by atoms with Gasteiger partial charge in [0.2, 0.25) is 0 Å². The summed E-state index contributed by atoms with van der Waals surface area (Å²) in [5.41, 5.74) is 4.72. The Morgan fingerprint density at radius 3 is 2.59 bits per heavy atom. The number of hydrogen-bond acceptors (Lipinski definition) is 4. The van der Waals surface area contributed by atoms with Gasteiger partial charge in [-0.3, -0.25) is 9.48 Å². The number of nitrogens with zero attached hydrogens (tertiary/aromatic N) is 5. The van der Waals surface area contributed by atoms with E-state index in [1.807, 2.05) is 37.3 Å². The summed E-state index contributed by atoms with van der Waals surface area (Å²) < 4.78 is 16.4. The molecular formula is C24H19FN6O. The van der Waals surface area contributed by atoms with E-state index in [2.05, 4.69) is 20.5 Å². The molecule has 5 rings (SSSR count). The fourth-order valence-electron chi connectivity index (χ4n) is 3.47. The lowest BCUT2D eigenvalue weighted by Crippen LogP contribution is -2.13. The van der Waals surface area contributed by atoms with Crippen molar-refractivity contribution in [2.45, 2.75) is 13.5 Å². The van der Waals surface area contributed by atoms with Crippen LogP contribution in [0.25, 0.3) is 16.9 Å². The second-order valence-electron chi connectivity index (χ2n) is 7.47. The minimum Gasteiger partial charge on any atom is -0.305 e. The minimum atomic E-state index is -0.347. The van der Waals surface area contributed by atoms with Crippen molar-refractivity contribution in [1.29, 1.82) is 0 Å². The van der Waals surface area contributed by atoms with Crippen molar-refractivity contribution in [3.8, 4) is 11.3 Å². The highest BCUT2D eigenvalue weighted by Crippen LogP contribution is 2.22. The van der Waals surface area contributed by atoms with Gasteiger partial charge in [-0.15, -0.1) is 0 Å². The summed E-state index contributed by atoms with van der Waals surface area (Å²) >= 11 is 0. The van der Waals surface area contributed by atoms with Gasteiger partial charge in [-0.2, -0.15) is 10.2 Å². The normalized spacial score (nSPS) is 11.1. The zero-order valence-electron chi connectivity index (χ0n) is 17.2. The lowest BCUT2D eigenvalue weighted by Gasteiger charge is -2.06. The zero-order valence-corrected chi connectivity index (χ0v) is 17.2. The van der Waals surface area contributed by atoms with Gasteiger partial charge in [-0.25, -0.2) is 13.9 Å². The van der Waals surface area contributed by atoms with Gasteiger partial charge in [0.25, 0.3) is 5.91 Å². The molecule has 0 saturated carbocycles. The highest BCUT2D eigenvalue weighted by atomic mass is 19.1. The van der Waals surface area contributed by atoms with Crippen molar-refractivity contribution in [2.75, 3.05) is 5.32 Å². The Morgan fingerprint density at radius 2 is 1.81 bits per heavy atom. The molecule has 0 aliphatic carbocycles. The number of rotatable bonds is 5. The first-order chi connectivity index (χ1) is 15.6. The van der Waals surface area contributed by atoms with Crippen LogP contribution >= 0.6 is 0 Å². The number of nitrogens with one attached hydrogen (secondary N) is 1. The van der Waals surface area contributed by atoms with Gasteiger partial charge in [0, 0.05) is 24.0 Å². The first-order valence-corrected chi connectivity index (χ1v) is 10.1. The fourth-order valence-corrected chi connectivity index (χ4v) is 3.47. The number of benzene rings is 2. The molecule has 32 heavy (non-hydrogen) atoms. The smallest absolute Gasteiger partial charge is 0.262 e. The summed E-state index contributed by atoms with van der Waals surface area (Å²) in [5.74, 6) is -0.221. The first kappa shape index (κ1) is 19.6. The van der Waals surface area contributed by atoms with Crippen molar-refractivity contribution in [3.63, 3.8) is 0 Å². The van der Waals surface area contributed by atoms with Gasteiger partial charge in [0.15, 0.2) is 11.5 Å². The maximum atomic E-state index is 13.1. The van der Waals surface area contributed by atoms with Crippen molar-refractivity contribution in [1.82, 2.24) is 24.4 Å². The van der Waals surface area contributed by atoms with Crippen LogP contribution in [0.3, 0.4) is 0 Å². The third kappa shape index (κ3) is 3.85. The number of fused-ring (bicyclic) bond motifs is 1. The number of hydrogen-bond donors (Lipinski definition) is 1. The molecule has 0 radical (unpaired) electrons. The number of carbonyl (C=O) groups is 1. The number of halogens is 1. The van der Waals surface area contributed by atoms with E-state index >= 15 is 0 Å². The molecule has 0 bridgehead atoms. The topological polar surface area (TPSA) is 77.1 Å². The predicted molar refractivity (Wildman–Crippen MR) is 119 cm³/mol. The molecule has 0 aliphatic rings. The Hall–Kier alpha value is -4.33. The van der Waals surface area contributed by atoms with Gasteiger partial charge in [0.1, 0.15) is 11.4 Å². The molecule has 1 amide bonds. The Morgan fingerprint density at radius 1 is 1.03 bits per heavy atom. The minimum absolute atomic E-state index is 0.283. The van der Waals surface area contributed by atoms with E-state index in [0.29, 0.717) is 23.6 Å². The first-order valence-electron chi connectivity index (χ1n) is 10.1. The monoisotopic (exact) mass is 426 g/mol. The summed E-state index contributed by atoms with van der Waals surface area (Å²) in [5, 5.41) is 11.6. The third-order valence-electron chi connectivity index (χ3n) is 5.13. The third-order valence-corrected chi connectivity index (χ3v) is 5.13. The van der Waals surface area contributed by atoms with Crippen molar-refractivity contribution in [2.24, 2.45) is 0 Å². The summed E-state index contributed by atoms with van der Waals surface area (Å²) in [6.07, 6.45) is 4.92. The van der Waals surface area contributed by atoms with Crippen LogP contribution in [0.15, 0.2) is 79.3 Å². The van der Waals surface area contributed by atoms with E-state index < -0.39 is 0 Å². The summed E-state index contributed by atoms with van der Waals surface area (Å²) in [6.45, 7) is 2.50. The average molecular weight is 426 g/mol. The fraction of sp³-hybridized carbons (Fsp3) is 0.0833. The van der Waals surface area contributed by atoms with Crippen LogP contribution in [0, 0.1) is 12.7 Å². The zero-order chi connectivity index (χ0) is 22.1. The molecular weight excluding hydrogens is 407 g/mol. The average Bonchev–Trinajstić information content (AvgIpc) is 3.42. The molecule has 0 spiro atoms. The lowest BCUT2D eigenvalue weighted by molar-refractivity contribution is 0.102. The van der Waals surface area contributed by atoms with Crippen LogP contribution < -0.4 is 5.32 Å². The standard InChI is InChI=1S/C24H19FN6O/c1-16-2-6-18(7-3-16)21-10-12-26-23-20(14-27-31(21)23)24(32)28-22-11-13-30(29-22)15-17-4-8-19(25)9-5-17/h2-14H,15H2,1H3,(H,28,29,32). The second-order valence-corrected chi connectivity index (χ2v) is 7.47. The van der Waals surface area contributed by atoms with E-state index in [9.17, 15) is 9.18 Å². The predicted octanol–water partition coefficient (Wildman–Crippen LogP) is 4.34. The van der Waals surface area contributed by atoms with Crippen LogP contribution in [-0.4, -0.2) is 30.3 Å². The number of aromatic nitrogens is 5. The molecule has 7 nitrogen and oxygen atoms in total. The Bertz CT molecular complexity index is 1400. The SMILES string of the molecule is Cc1ccc(-c2ccnc3c(C(=O)Nc4ccn(Cc5ccc(F)cc5)n4)cnn23)cc1. The molecule has 0 fully saturated rings. The van der Waals surface area contributed by atoms with Gasteiger partial charge in [-0.1, -0.05) is 42.0 Å². The Kier molecular flexibility index (Phi) is 4.95. The van der Waals surface area contributed by atoms with E-state index in [1.54, 1.807) is 39.8 Å². The number of amides is 1. The largest absolute Gasteiger partial charge is 0.305 e. The van der Waals surface area contributed by atoms with Crippen LogP contribution in [-0.2, 0) is 6.54 Å². The van der Waals surface area contributed by atoms with Gasteiger partial charge >= 0.3 is 0 Å². The Labute approximate surface area is 183 Å². The molecule has 8 heteroatoms. The van der Waals surface area contributed by atoms with Crippen LogP contribution in [0.5, 0.6) is 0 Å². The van der Waals surface area contributed by atoms with E-state index in [-0.39, 0.29) is 11.7 Å². The quantitative estimate of drug-likeness (QED) is 0.454. The van der Waals surface area contributed by atoms with Crippen LogP contribution in [0.1, 0.15) is 21.5 Å². The van der Waals surface area contributed by atoms with Crippen LogP contribution in [0.2, 0.25) is 0 Å². The van der Waals surface area contributed by atoms with E-state index in [4.69, 9.17) is 0 Å². The molecule has 0 saturated heterocycles. The molecule has 3 heterocycles. The van der Waals surface area contributed by atoms with E-state index in [0.717, 1.165) is 16.8 Å². The number of carbonyl (C=O) groups excluding carboxylic acids is 1. The van der Waals surface area contributed by atoms with Crippen molar-refractivity contribution < 1.29 is 9.18 Å². The second kappa shape index (κ2) is 8.07.